The highest BCUT2D eigenvalue weighted by Crippen LogP contribution is 2.47. The van der Waals surface area contributed by atoms with Crippen molar-refractivity contribution in [2.75, 3.05) is 20.1 Å². The SMILES string of the molecule is C=C(C)[C@@H]1CCC(C)=C[C@H]1c1c(O)cc(CCCCC)cc1OC(=O)NCC(=O)CNC. The third-order valence-corrected chi connectivity index (χ3v) is 5.97. The molecule has 0 fully saturated rings. The number of benzene rings is 1. The van der Waals surface area contributed by atoms with Crippen LogP contribution in [0.15, 0.2) is 35.9 Å². The van der Waals surface area contributed by atoms with E-state index in [1.54, 1.807) is 13.1 Å². The number of carbonyl (C=O) groups is 2. The molecule has 0 unspecified atom stereocenters. The molecule has 6 heteroatoms. The van der Waals surface area contributed by atoms with Crippen LogP contribution in [0.2, 0.25) is 0 Å². The number of phenolic OH excluding ortho intramolecular Hbond substituents is 1. The largest absolute Gasteiger partial charge is 0.507 e. The van der Waals surface area contributed by atoms with Gasteiger partial charge in [-0.05, 0) is 70.2 Å². The maximum atomic E-state index is 12.5. The van der Waals surface area contributed by atoms with Gasteiger partial charge in [-0.1, -0.05) is 43.6 Å². The van der Waals surface area contributed by atoms with E-state index in [4.69, 9.17) is 4.74 Å². The third kappa shape index (κ3) is 7.23. The molecule has 1 aliphatic carbocycles. The Kier molecular flexibility index (Phi) is 9.97. The first kappa shape index (κ1) is 25.7. The van der Waals surface area contributed by atoms with Crippen LogP contribution in [0.3, 0.4) is 0 Å². The van der Waals surface area contributed by atoms with Gasteiger partial charge in [-0.25, -0.2) is 4.79 Å². The summed E-state index contributed by atoms with van der Waals surface area (Å²) >= 11 is 0. The normalized spacial score (nSPS) is 18.1. The molecule has 0 radical (unpaired) electrons. The lowest BCUT2D eigenvalue weighted by Gasteiger charge is -2.32. The van der Waals surface area contributed by atoms with Gasteiger partial charge >= 0.3 is 6.09 Å². The standard InChI is InChI=1S/C26H38N2O4/c1-6-7-8-9-19-13-23(30)25(22-12-18(4)10-11-21(22)17(2)3)24(14-19)32-26(31)28-16-20(29)15-27-5/h12-14,21-22,27,30H,2,6-11,15-16H2,1,3-5H3,(H,28,31)/t21-,22+/m0/s1. The van der Waals surface area contributed by atoms with Crippen LogP contribution in [0.5, 0.6) is 11.5 Å². The summed E-state index contributed by atoms with van der Waals surface area (Å²) < 4.78 is 5.68. The number of hydrogen-bond donors (Lipinski definition) is 3. The Balaban J connectivity index is 2.38. The second-order valence-electron chi connectivity index (χ2n) is 8.83. The molecule has 1 amide bonds. The molecular formula is C26H38N2O4. The second-order valence-corrected chi connectivity index (χ2v) is 8.83. The van der Waals surface area contributed by atoms with Gasteiger partial charge in [0.15, 0.2) is 5.78 Å². The van der Waals surface area contributed by atoms with Crippen molar-refractivity contribution in [2.45, 2.75) is 65.2 Å². The average molecular weight is 443 g/mol. The van der Waals surface area contributed by atoms with Gasteiger partial charge in [0.25, 0.3) is 0 Å². The molecule has 3 N–H and O–H groups in total. The second kappa shape index (κ2) is 12.4. The van der Waals surface area contributed by atoms with Gasteiger partial charge < -0.3 is 20.5 Å². The molecule has 0 aliphatic heterocycles. The van der Waals surface area contributed by atoms with Gasteiger partial charge in [0.2, 0.25) is 0 Å². The quantitative estimate of drug-likeness (QED) is 0.331. The zero-order chi connectivity index (χ0) is 23.7. The molecular weight excluding hydrogens is 404 g/mol. The van der Waals surface area contributed by atoms with Crippen molar-refractivity contribution < 1.29 is 19.4 Å². The van der Waals surface area contributed by atoms with Crippen LogP contribution in [0, 0.1) is 5.92 Å². The van der Waals surface area contributed by atoms with Gasteiger partial charge in [0.05, 0.1) is 13.1 Å². The highest BCUT2D eigenvalue weighted by Gasteiger charge is 2.31. The number of ketones is 1. The van der Waals surface area contributed by atoms with E-state index in [2.05, 4.69) is 37.1 Å². The monoisotopic (exact) mass is 442 g/mol. The first-order valence-corrected chi connectivity index (χ1v) is 11.6. The number of nitrogens with one attached hydrogen (secondary N) is 2. The predicted octanol–water partition coefficient (Wildman–Crippen LogP) is 5.02. The van der Waals surface area contributed by atoms with E-state index >= 15 is 0 Å². The molecule has 0 heterocycles. The summed E-state index contributed by atoms with van der Waals surface area (Å²) in [6.07, 6.45) is 7.34. The molecule has 2 rings (SSSR count). The Labute approximate surface area is 192 Å². The predicted molar refractivity (Wildman–Crippen MR) is 128 cm³/mol. The molecule has 0 saturated carbocycles. The number of aromatic hydroxyl groups is 1. The van der Waals surface area contributed by atoms with Gasteiger partial charge in [-0.2, -0.15) is 0 Å². The average Bonchev–Trinajstić information content (AvgIpc) is 2.72. The first-order valence-electron chi connectivity index (χ1n) is 11.6. The Morgan fingerprint density at radius 3 is 2.66 bits per heavy atom. The molecule has 0 bridgehead atoms. The lowest BCUT2D eigenvalue weighted by Crippen LogP contribution is -2.35. The minimum atomic E-state index is -0.704. The molecule has 2 atom stereocenters. The lowest BCUT2D eigenvalue weighted by atomic mass is 9.73. The molecule has 6 nitrogen and oxygen atoms in total. The van der Waals surface area contributed by atoms with Crippen LogP contribution in [-0.4, -0.2) is 37.1 Å². The third-order valence-electron chi connectivity index (χ3n) is 5.97. The lowest BCUT2D eigenvalue weighted by molar-refractivity contribution is -0.117. The summed E-state index contributed by atoms with van der Waals surface area (Å²) in [6.45, 7) is 10.4. The Morgan fingerprint density at radius 2 is 2.00 bits per heavy atom. The first-order chi connectivity index (χ1) is 15.3. The smallest absolute Gasteiger partial charge is 0.412 e. The molecule has 0 aromatic heterocycles. The van der Waals surface area contributed by atoms with Crippen molar-refractivity contribution >= 4 is 11.9 Å². The number of phenols is 1. The number of Topliss-reactive ketones (excluding diaryl/α,β-unsaturated/α-hetero) is 1. The fourth-order valence-electron chi connectivity index (χ4n) is 4.28. The van der Waals surface area contributed by atoms with E-state index in [0.717, 1.165) is 49.7 Å². The number of unbranched alkanes of at least 4 members (excludes halogenated alkanes) is 2. The number of amides is 1. The summed E-state index contributed by atoms with van der Waals surface area (Å²) in [5.74, 6) is 0.361. The van der Waals surface area contributed by atoms with E-state index in [-0.39, 0.29) is 36.5 Å². The summed E-state index contributed by atoms with van der Waals surface area (Å²) in [6, 6.07) is 3.65. The summed E-state index contributed by atoms with van der Waals surface area (Å²) in [4.78, 5) is 24.2. The molecule has 0 spiro atoms. The zero-order valence-electron chi connectivity index (χ0n) is 19.9. The number of aryl methyl sites for hydroxylation is 1. The number of allylic oxidation sites excluding steroid dienone is 3. The van der Waals surface area contributed by atoms with Crippen LogP contribution in [-0.2, 0) is 11.2 Å². The minimum Gasteiger partial charge on any atom is -0.507 e. The highest BCUT2D eigenvalue weighted by molar-refractivity contribution is 5.86. The molecule has 1 aromatic rings. The van der Waals surface area contributed by atoms with Crippen molar-refractivity contribution in [3.63, 3.8) is 0 Å². The van der Waals surface area contributed by atoms with Crippen molar-refractivity contribution in [3.8, 4) is 11.5 Å². The van der Waals surface area contributed by atoms with Gasteiger partial charge in [-0.15, -0.1) is 0 Å². The van der Waals surface area contributed by atoms with E-state index < -0.39 is 6.09 Å². The Hall–Kier alpha value is -2.60. The van der Waals surface area contributed by atoms with E-state index in [1.807, 2.05) is 13.0 Å². The van der Waals surface area contributed by atoms with Crippen LogP contribution in [0.25, 0.3) is 0 Å². The molecule has 1 aliphatic rings. The van der Waals surface area contributed by atoms with Crippen molar-refractivity contribution in [1.29, 1.82) is 0 Å². The van der Waals surface area contributed by atoms with E-state index in [9.17, 15) is 14.7 Å². The number of hydrogen-bond acceptors (Lipinski definition) is 5. The van der Waals surface area contributed by atoms with E-state index in [0.29, 0.717) is 11.3 Å². The van der Waals surface area contributed by atoms with Crippen LogP contribution < -0.4 is 15.4 Å². The Bertz CT molecular complexity index is 860. The zero-order valence-corrected chi connectivity index (χ0v) is 19.9. The number of rotatable bonds is 11. The number of likely N-dealkylation sites (N-methyl/N-ethyl adjacent to an activating group) is 1. The number of ether oxygens (including phenoxy) is 1. The fraction of sp³-hybridized carbons (Fsp3) is 0.538. The van der Waals surface area contributed by atoms with Crippen LogP contribution in [0.4, 0.5) is 4.79 Å². The molecule has 32 heavy (non-hydrogen) atoms. The topological polar surface area (TPSA) is 87.7 Å². The van der Waals surface area contributed by atoms with Crippen molar-refractivity contribution in [2.24, 2.45) is 5.92 Å². The van der Waals surface area contributed by atoms with E-state index in [1.165, 1.54) is 5.57 Å². The Morgan fingerprint density at radius 1 is 1.25 bits per heavy atom. The van der Waals surface area contributed by atoms with Gasteiger partial charge in [-0.3, -0.25) is 4.79 Å². The summed E-state index contributed by atoms with van der Waals surface area (Å²) in [5.41, 5.74) is 3.82. The maximum Gasteiger partial charge on any atom is 0.412 e. The number of carbonyl (C=O) groups excluding carboxylic acids is 2. The summed E-state index contributed by atoms with van der Waals surface area (Å²) in [5, 5.41) is 16.3. The van der Waals surface area contributed by atoms with Gasteiger partial charge in [0.1, 0.15) is 11.5 Å². The highest BCUT2D eigenvalue weighted by atomic mass is 16.6. The maximum absolute atomic E-state index is 12.5. The minimum absolute atomic E-state index is 0.117. The van der Waals surface area contributed by atoms with Crippen LogP contribution >= 0.6 is 0 Å². The fourth-order valence-corrected chi connectivity index (χ4v) is 4.28. The molecule has 176 valence electrons. The van der Waals surface area contributed by atoms with Crippen molar-refractivity contribution in [1.82, 2.24) is 10.6 Å². The molecule has 0 saturated heterocycles. The molecule has 1 aromatic carbocycles. The van der Waals surface area contributed by atoms with Crippen LogP contribution in [0.1, 0.15) is 69.9 Å². The summed E-state index contributed by atoms with van der Waals surface area (Å²) in [7, 11) is 1.67. The van der Waals surface area contributed by atoms with Gasteiger partial charge in [0, 0.05) is 11.5 Å². The van der Waals surface area contributed by atoms with Crippen molar-refractivity contribution in [3.05, 3.63) is 47.1 Å².